The Kier molecular flexibility index (Phi) is 1.85. The normalized spacial score (nSPS) is 18.9. The van der Waals surface area contributed by atoms with E-state index in [9.17, 15) is 14.5 Å². The van der Waals surface area contributed by atoms with Gasteiger partial charge in [-0.15, -0.1) is 0 Å². The third-order valence-electron chi connectivity index (χ3n) is 2.11. The van der Waals surface area contributed by atoms with E-state index in [1.165, 1.54) is 6.07 Å². The van der Waals surface area contributed by atoms with Crippen LogP contribution < -0.4 is 10.5 Å². The van der Waals surface area contributed by atoms with Gasteiger partial charge in [0.1, 0.15) is 6.61 Å². The number of benzene rings is 1. The number of rotatable bonds is 1. The maximum atomic E-state index is 13.4. The number of fused-ring (bicyclic) bond motifs is 1. The third-order valence-corrected chi connectivity index (χ3v) is 2.11. The summed E-state index contributed by atoms with van der Waals surface area (Å²) in [5.41, 5.74) is 5.47. The zero-order chi connectivity index (χ0) is 10.3. The summed E-state index contributed by atoms with van der Waals surface area (Å²) in [6.45, 7) is 0.160. The molecule has 2 rings (SSSR count). The lowest BCUT2D eigenvalue weighted by Gasteiger charge is -2.01. The molecule has 0 spiro atoms. The molecule has 6 heteroatoms. The van der Waals surface area contributed by atoms with Crippen molar-refractivity contribution in [2.24, 2.45) is 5.73 Å². The van der Waals surface area contributed by atoms with E-state index in [1.807, 2.05) is 0 Å². The molecule has 0 saturated carbocycles. The fourth-order valence-corrected chi connectivity index (χ4v) is 1.40. The van der Waals surface area contributed by atoms with Crippen molar-refractivity contribution >= 4 is 5.69 Å². The molecule has 14 heavy (non-hydrogen) atoms. The first kappa shape index (κ1) is 8.89. The van der Waals surface area contributed by atoms with E-state index >= 15 is 0 Å². The van der Waals surface area contributed by atoms with Gasteiger partial charge < -0.3 is 10.5 Å². The van der Waals surface area contributed by atoms with Crippen LogP contribution in [0.3, 0.4) is 0 Å². The summed E-state index contributed by atoms with van der Waals surface area (Å²) in [5.74, 6) is -1.04. The zero-order valence-corrected chi connectivity index (χ0v) is 7.07. The van der Waals surface area contributed by atoms with E-state index in [1.54, 1.807) is 0 Å². The fourth-order valence-electron chi connectivity index (χ4n) is 1.40. The maximum absolute atomic E-state index is 13.4. The van der Waals surface area contributed by atoms with Gasteiger partial charge in [-0.3, -0.25) is 10.1 Å². The molecule has 1 aliphatic heterocycles. The Labute approximate surface area is 78.4 Å². The van der Waals surface area contributed by atoms with Crippen molar-refractivity contribution in [1.82, 2.24) is 0 Å². The van der Waals surface area contributed by atoms with E-state index in [0.717, 1.165) is 6.07 Å². The number of nitro benzene ring substituents is 1. The molecule has 1 aromatic rings. The fraction of sp³-hybridized carbons (Fsp3) is 0.250. The van der Waals surface area contributed by atoms with Crippen molar-refractivity contribution in [1.29, 1.82) is 0 Å². The highest BCUT2D eigenvalue weighted by Gasteiger charge is 2.29. The lowest BCUT2D eigenvalue weighted by molar-refractivity contribution is -0.387. The van der Waals surface area contributed by atoms with Gasteiger partial charge in [0, 0.05) is 11.6 Å². The van der Waals surface area contributed by atoms with Gasteiger partial charge in [0.15, 0.2) is 5.75 Å². The van der Waals surface area contributed by atoms with E-state index in [4.69, 9.17) is 10.5 Å². The van der Waals surface area contributed by atoms with E-state index in [0.29, 0.717) is 5.56 Å². The Morgan fingerprint density at radius 3 is 3.00 bits per heavy atom. The molecule has 1 aromatic carbocycles. The Balaban J connectivity index is 2.58. The topological polar surface area (TPSA) is 78.4 Å². The van der Waals surface area contributed by atoms with Crippen molar-refractivity contribution in [3.63, 3.8) is 0 Å². The minimum Gasteiger partial charge on any atom is -0.488 e. The molecule has 0 aliphatic carbocycles. The summed E-state index contributed by atoms with van der Waals surface area (Å²) in [5, 5.41) is 10.4. The lowest BCUT2D eigenvalue weighted by Crippen LogP contribution is -2.10. The molecule has 0 fully saturated rings. The second-order valence-corrected chi connectivity index (χ2v) is 2.99. The maximum Gasteiger partial charge on any atom is 0.308 e. The lowest BCUT2D eigenvalue weighted by atomic mass is 10.1. The first-order chi connectivity index (χ1) is 6.61. The highest BCUT2D eigenvalue weighted by atomic mass is 19.1. The van der Waals surface area contributed by atoms with Gasteiger partial charge >= 0.3 is 5.69 Å². The summed E-state index contributed by atoms with van der Waals surface area (Å²) in [6.07, 6.45) is 0. The zero-order valence-electron chi connectivity index (χ0n) is 7.07. The Morgan fingerprint density at radius 1 is 1.64 bits per heavy atom. The van der Waals surface area contributed by atoms with Crippen LogP contribution in [0.25, 0.3) is 0 Å². The molecule has 0 saturated heterocycles. The number of hydrogen-bond acceptors (Lipinski definition) is 4. The van der Waals surface area contributed by atoms with Gasteiger partial charge in [0.25, 0.3) is 0 Å². The summed E-state index contributed by atoms with van der Waals surface area (Å²) in [4.78, 5) is 9.59. The molecule has 1 atom stereocenters. The molecule has 1 unspecified atom stereocenters. The highest BCUT2D eigenvalue weighted by molar-refractivity contribution is 5.49. The molecule has 5 nitrogen and oxygen atoms in total. The summed E-state index contributed by atoms with van der Waals surface area (Å²) < 4.78 is 18.3. The first-order valence-electron chi connectivity index (χ1n) is 3.96. The largest absolute Gasteiger partial charge is 0.488 e. The second kappa shape index (κ2) is 2.91. The standard InChI is InChI=1S/C8H7FN2O3/c9-7-6(11(12)13)2-1-4-5(10)3-14-8(4)7/h1-2,5H,3,10H2. The van der Waals surface area contributed by atoms with E-state index < -0.39 is 22.5 Å². The minimum atomic E-state index is -0.944. The number of ether oxygens (including phenoxy) is 1. The van der Waals surface area contributed by atoms with Crippen LogP contribution in [0, 0.1) is 15.9 Å². The molecule has 0 radical (unpaired) electrons. The summed E-state index contributed by atoms with van der Waals surface area (Å²) in [7, 11) is 0. The number of nitro groups is 1. The Morgan fingerprint density at radius 2 is 2.36 bits per heavy atom. The SMILES string of the molecule is NC1COc2c1ccc([N+](=O)[O-])c2F. The number of hydrogen-bond donors (Lipinski definition) is 1. The molecular formula is C8H7FN2O3. The van der Waals surface area contributed by atoms with E-state index in [2.05, 4.69) is 0 Å². The van der Waals surface area contributed by atoms with E-state index in [-0.39, 0.29) is 12.4 Å². The van der Waals surface area contributed by atoms with Crippen LogP contribution in [-0.2, 0) is 0 Å². The average Bonchev–Trinajstić information content (AvgIpc) is 2.49. The van der Waals surface area contributed by atoms with Gasteiger partial charge in [-0.1, -0.05) is 0 Å². The van der Waals surface area contributed by atoms with Gasteiger partial charge in [0.2, 0.25) is 5.82 Å². The van der Waals surface area contributed by atoms with Crippen LogP contribution in [0.2, 0.25) is 0 Å². The van der Waals surface area contributed by atoms with Crippen molar-refractivity contribution < 1.29 is 14.1 Å². The third kappa shape index (κ3) is 1.12. The van der Waals surface area contributed by atoms with Crippen molar-refractivity contribution in [3.8, 4) is 5.75 Å². The molecule has 1 aliphatic rings. The summed E-state index contributed by atoms with van der Waals surface area (Å²) in [6, 6.07) is 2.12. The second-order valence-electron chi connectivity index (χ2n) is 2.99. The smallest absolute Gasteiger partial charge is 0.308 e. The number of halogens is 1. The monoisotopic (exact) mass is 198 g/mol. The molecule has 2 N–H and O–H groups in total. The molecule has 0 aromatic heterocycles. The van der Waals surface area contributed by atoms with Crippen LogP contribution in [0.15, 0.2) is 12.1 Å². The first-order valence-corrected chi connectivity index (χ1v) is 3.96. The van der Waals surface area contributed by atoms with Crippen molar-refractivity contribution in [2.75, 3.05) is 6.61 Å². The molecule has 0 amide bonds. The van der Waals surface area contributed by atoms with Crippen LogP contribution >= 0.6 is 0 Å². The number of nitrogens with zero attached hydrogens (tertiary/aromatic N) is 1. The number of nitrogens with two attached hydrogens (primary N) is 1. The molecule has 74 valence electrons. The van der Waals surface area contributed by atoms with Crippen LogP contribution in [0.1, 0.15) is 11.6 Å². The van der Waals surface area contributed by atoms with Gasteiger partial charge in [-0.05, 0) is 6.07 Å². The Hall–Kier alpha value is -1.69. The highest BCUT2D eigenvalue weighted by Crippen LogP contribution is 2.37. The Bertz CT molecular complexity index is 408. The predicted octanol–water partition coefficient (Wildman–Crippen LogP) is 1.13. The van der Waals surface area contributed by atoms with Crippen LogP contribution in [0.4, 0.5) is 10.1 Å². The van der Waals surface area contributed by atoms with Gasteiger partial charge in [-0.25, -0.2) is 0 Å². The quantitative estimate of drug-likeness (QED) is 0.541. The van der Waals surface area contributed by atoms with Gasteiger partial charge in [0.05, 0.1) is 11.0 Å². The minimum absolute atomic E-state index is 0.0910. The van der Waals surface area contributed by atoms with Gasteiger partial charge in [-0.2, -0.15) is 4.39 Å². The van der Waals surface area contributed by atoms with Crippen LogP contribution in [-0.4, -0.2) is 11.5 Å². The predicted molar refractivity (Wildman–Crippen MR) is 45.5 cm³/mol. The van der Waals surface area contributed by atoms with Crippen LogP contribution in [0.5, 0.6) is 5.75 Å². The van der Waals surface area contributed by atoms with Crippen molar-refractivity contribution in [3.05, 3.63) is 33.6 Å². The molecular weight excluding hydrogens is 191 g/mol. The average molecular weight is 198 g/mol. The summed E-state index contributed by atoms with van der Waals surface area (Å²) >= 11 is 0. The van der Waals surface area contributed by atoms with Crippen molar-refractivity contribution in [2.45, 2.75) is 6.04 Å². The molecule has 1 heterocycles. The molecule has 0 bridgehead atoms.